The van der Waals surface area contributed by atoms with Crippen molar-refractivity contribution in [1.29, 1.82) is 0 Å². The summed E-state index contributed by atoms with van der Waals surface area (Å²) in [4.78, 5) is 26.3. The van der Waals surface area contributed by atoms with Crippen molar-refractivity contribution in [3.63, 3.8) is 0 Å². The Labute approximate surface area is 191 Å². The van der Waals surface area contributed by atoms with Crippen molar-refractivity contribution >= 4 is 45.7 Å². The molecule has 0 atom stereocenters. The van der Waals surface area contributed by atoms with Crippen molar-refractivity contribution in [2.75, 3.05) is 31.3 Å². The molecule has 8 heteroatoms. The Hall–Kier alpha value is -3.68. The van der Waals surface area contributed by atoms with E-state index in [4.69, 9.17) is 11.6 Å². The molecular formula is C24H23ClN6O. The molecular weight excluding hydrogens is 424 g/mol. The highest BCUT2D eigenvalue weighted by atomic mass is 35.5. The van der Waals surface area contributed by atoms with Crippen LogP contribution in [0, 0.1) is 0 Å². The zero-order valence-corrected chi connectivity index (χ0v) is 18.5. The fourth-order valence-electron chi connectivity index (χ4n) is 3.24. The van der Waals surface area contributed by atoms with Gasteiger partial charge >= 0.3 is 0 Å². The third-order valence-corrected chi connectivity index (χ3v) is 4.99. The van der Waals surface area contributed by atoms with Gasteiger partial charge in [-0.2, -0.15) is 0 Å². The van der Waals surface area contributed by atoms with E-state index in [0.29, 0.717) is 28.9 Å². The van der Waals surface area contributed by atoms with E-state index in [2.05, 4.69) is 25.6 Å². The van der Waals surface area contributed by atoms with Crippen molar-refractivity contribution < 1.29 is 4.79 Å². The van der Waals surface area contributed by atoms with Gasteiger partial charge in [0.1, 0.15) is 0 Å². The SMILES string of the molecule is CN(C)C/C=C/C(=O)Nc1cccc(Nc2ncc(Cl)c(-c3c[nH]c4ccccc34)n2)c1. The Balaban J connectivity index is 1.53. The largest absolute Gasteiger partial charge is 0.360 e. The van der Waals surface area contributed by atoms with Crippen LogP contribution >= 0.6 is 11.6 Å². The number of likely N-dealkylation sites (N-methyl/N-ethyl adjacent to an activating group) is 1. The number of carbonyl (C=O) groups excluding carboxylic acids is 1. The fourth-order valence-corrected chi connectivity index (χ4v) is 3.43. The second kappa shape index (κ2) is 9.64. The molecule has 3 N–H and O–H groups in total. The van der Waals surface area contributed by atoms with E-state index in [1.807, 2.05) is 79.8 Å². The number of aromatic amines is 1. The maximum atomic E-state index is 12.1. The number of hydrogen-bond donors (Lipinski definition) is 3. The van der Waals surface area contributed by atoms with Crippen LogP contribution in [0.5, 0.6) is 0 Å². The van der Waals surface area contributed by atoms with Gasteiger partial charge in [-0.15, -0.1) is 0 Å². The maximum Gasteiger partial charge on any atom is 0.248 e. The van der Waals surface area contributed by atoms with E-state index in [-0.39, 0.29) is 5.91 Å². The lowest BCUT2D eigenvalue weighted by Gasteiger charge is -2.10. The summed E-state index contributed by atoms with van der Waals surface area (Å²) in [5.74, 6) is 0.220. The van der Waals surface area contributed by atoms with Gasteiger partial charge in [-0.05, 0) is 38.4 Å². The number of amides is 1. The molecule has 1 amide bonds. The predicted molar refractivity (Wildman–Crippen MR) is 130 cm³/mol. The van der Waals surface area contributed by atoms with Crippen molar-refractivity contribution in [1.82, 2.24) is 19.9 Å². The normalized spacial score (nSPS) is 11.4. The number of nitrogens with one attached hydrogen (secondary N) is 3. The third kappa shape index (κ3) is 5.14. The van der Waals surface area contributed by atoms with E-state index in [1.165, 1.54) is 6.08 Å². The van der Waals surface area contributed by atoms with Gasteiger partial charge in [0.05, 0.1) is 16.9 Å². The van der Waals surface area contributed by atoms with Gasteiger partial charge in [0.25, 0.3) is 0 Å². The number of H-pyrrole nitrogens is 1. The summed E-state index contributed by atoms with van der Waals surface area (Å²) < 4.78 is 0. The molecule has 0 saturated carbocycles. The van der Waals surface area contributed by atoms with E-state index < -0.39 is 0 Å². The van der Waals surface area contributed by atoms with Crippen LogP contribution in [0.2, 0.25) is 5.02 Å². The summed E-state index contributed by atoms with van der Waals surface area (Å²) in [7, 11) is 3.89. The minimum absolute atomic E-state index is 0.187. The number of rotatable bonds is 7. The smallest absolute Gasteiger partial charge is 0.248 e. The zero-order chi connectivity index (χ0) is 22.5. The van der Waals surface area contributed by atoms with Gasteiger partial charge in [0, 0.05) is 46.7 Å². The highest BCUT2D eigenvalue weighted by Gasteiger charge is 2.13. The van der Waals surface area contributed by atoms with E-state index in [9.17, 15) is 4.79 Å². The molecule has 2 aromatic carbocycles. The van der Waals surface area contributed by atoms with Crippen LogP contribution in [-0.4, -0.2) is 46.4 Å². The molecule has 0 aliphatic rings. The average Bonchev–Trinajstić information content (AvgIpc) is 3.19. The lowest BCUT2D eigenvalue weighted by molar-refractivity contribution is -0.111. The first-order valence-corrected chi connectivity index (χ1v) is 10.5. The Bertz CT molecular complexity index is 1280. The van der Waals surface area contributed by atoms with Crippen molar-refractivity contribution in [2.24, 2.45) is 0 Å². The third-order valence-electron chi connectivity index (χ3n) is 4.71. The van der Waals surface area contributed by atoms with Gasteiger partial charge < -0.3 is 20.5 Å². The highest BCUT2D eigenvalue weighted by molar-refractivity contribution is 6.33. The Morgan fingerprint density at radius 2 is 1.97 bits per heavy atom. The number of carbonyl (C=O) groups is 1. The van der Waals surface area contributed by atoms with E-state index in [1.54, 1.807) is 6.20 Å². The molecule has 2 aromatic heterocycles. The van der Waals surface area contributed by atoms with Crippen LogP contribution in [0.1, 0.15) is 0 Å². The van der Waals surface area contributed by atoms with Crippen LogP contribution < -0.4 is 10.6 Å². The standard InChI is InChI=1S/C24H23ClN6O/c1-31(2)12-6-11-22(32)28-16-7-5-8-17(13-16)29-24-27-15-20(25)23(30-24)19-14-26-21-10-4-3-9-18(19)21/h3-11,13-15,26H,12H2,1-2H3,(H,28,32)(H,27,29,30)/b11-6+. The van der Waals surface area contributed by atoms with Gasteiger partial charge in [0.15, 0.2) is 0 Å². The fraction of sp³-hybridized carbons (Fsp3) is 0.125. The van der Waals surface area contributed by atoms with Gasteiger partial charge in [-0.1, -0.05) is 41.9 Å². The Morgan fingerprint density at radius 3 is 2.81 bits per heavy atom. The lowest BCUT2D eigenvalue weighted by atomic mass is 10.1. The maximum absolute atomic E-state index is 12.1. The summed E-state index contributed by atoms with van der Waals surface area (Å²) in [5, 5.41) is 7.54. The van der Waals surface area contributed by atoms with Gasteiger partial charge in [-0.3, -0.25) is 4.79 Å². The Kier molecular flexibility index (Phi) is 6.49. The summed E-state index contributed by atoms with van der Waals surface area (Å²) in [6.45, 7) is 0.696. The van der Waals surface area contributed by atoms with Gasteiger partial charge in [0.2, 0.25) is 11.9 Å². The second-order valence-electron chi connectivity index (χ2n) is 7.50. The van der Waals surface area contributed by atoms with Crippen LogP contribution in [0.25, 0.3) is 22.2 Å². The van der Waals surface area contributed by atoms with Crippen LogP contribution in [-0.2, 0) is 4.79 Å². The van der Waals surface area contributed by atoms with Crippen molar-refractivity contribution in [3.8, 4) is 11.3 Å². The molecule has 4 aromatic rings. The van der Waals surface area contributed by atoms with Crippen LogP contribution in [0.15, 0.2) is 73.1 Å². The molecule has 0 aliphatic carbocycles. The molecule has 0 aliphatic heterocycles. The summed E-state index contributed by atoms with van der Waals surface area (Å²) in [6.07, 6.45) is 6.80. The molecule has 162 valence electrons. The molecule has 0 saturated heterocycles. The van der Waals surface area contributed by atoms with Crippen LogP contribution in [0.4, 0.5) is 17.3 Å². The number of benzene rings is 2. The molecule has 2 heterocycles. The zero-order valence-electron chi connectivity index (χ0n) is 17.8. The van der Waals surface area contributed by atoms with E-state index >= 15 is 0 Å². The molecule has 32 heavy (non-hydrogen) atoms. The topological polar surface area (TPSA) is 85.9 Å². The lowest BCUT2D eigenvalue weighted by Crippen LogP contribution is -2.13. The summed E-state index contributed by atoms with van der Waals surface area (Å²) in [5.41, 5.74) is 3.96. The summed E-state index contributed by atoms with van der Waals surface area (Å²) in [6, 6.07) is 15.3. The number of fused-ring (bicyclic) bond motifs is 1. The van der Waals surface area contributed by atoms with E-state index in [0.717, 1.165) is 22.2 Å². The molecule has 0 fully saturated rings. The quantitative estimate of drug-likeness (QED) is 0.345. The number of hydrogen-bond acceptors (Lipinski definition) is 5. The number of anilines is 3. The first-order valence-electron chi connectivity index (χ1n) is 10.1. The molecule has 7 nitrogen and oxygen atoms in total. The van der Waals surface area contributed by atoms with Gasteiger partial charge in [-0.25, -0.2) is 9.97 Å². The average molecular weight is 447 g/mol. The minimum Gasteiger partial charge on any atom is -0.360 e. The van der Waals surface area contributed by atoms with Crippen LogP contribution in [0.3, 0.4) is 0 Å². The number of nitrogens with zero attached hydrogens (tertiary/aromatic N) is 3. The number of aromatic nitrogens is 3. The summed E-state index contributed by atoms with van der Waals surface area (Å²) >= 11 is 6.41. The highest BCUT2D eigenvalue weighted by Crippen LogP contribution is 2.32. The monoisotopic (exact) mass is 446 g/mol. The first kappa shape index (κ1) is 21.5. The predicted octanol–water partition coefficient (Wildman–Crippen LogP) is 5.08. The molecule has 0 unspecified atom stereocenters. The number of halogens is 1. The second-order valence-corrected chi connectivity index (χ2v) is 7.90. The molecule has 0 bridgehead atoms. The first-order chi connectivity index (χ1) is 15.5. The molecule has 4 rings (SSSR count). The van der Waals surface area contributed by atoms with Crippen molar-refractivity contribution in [3.05, 3.63) is 78.1 Å². The molecule has 0 spiro atoms. The number of para-hydroxylation sites is 1. The molecule has 0 radical (unpaired) electrons. The van der Waals surface area contributed by atoms with Crippen molar-refractivity contribution in [2.45, 2.75) is 0 Å². The minimum atomic E-state index is -0.187. The Morgan fingerprint density at radius 1 is 1.16 bits per heavy atom.